The van der Waals surface area contributed by atoms with Crippen molar-refractivity contribution in [1.29, 1.82) is 0 Å². The molecule has 0 bridgehead atoms. The number of hydrogen-bond donors (Lipinski definition) is 1. The summed E-state index contributed by atoms with van der Waals surface area (Å²) < 4.78 is 0. The summed E-state index contributed by atoms with van der Waals surface area (Å²) in [6.07, 6.45) is 2.40. The molecule has 0 aromatic rings. The summed E-state index contributed by atoms with van der Waals surface area (Å²) in [5, 5.41) is 0. The van der Waals surface area contributed by atoms with E-state index >= 15 is 0 Å². The lowest BCUT2D eigenvalue weighted by molar-refractivity contribution is -0.123. The molecule has 1 aliphatic rings. The predicted molar refractivity (Wildman–Crippen MR) is 40.2 cm³/mol. The number of nitrogens with two attached hydrogens (primary N) is 1. The largest absolute Gasteiger partial charge is 0.369 e. The fourth-order valence-electron chi connectivity index (χ4n) is 1.56. The summed E-state index contributed by atoms with van der Waals surface area (Å²) in [7, 11) is 0. The Morgan fingerprint density at radius 3 is 2.10 bits per heavy atom. The van der Waals surface area contributed by atoms with Crippen LogP contribution in [-0.2, 0) is 4.79 Å². The van der Waals surface area contributed by atoms with Crippen LogP contribution in [-0.4, -0.2) is 5.91 Å². The lowest BCUT2D eigenvalue weighted by Crippen LogP contribution is -2.29. The lowest BCUT2D eigenvalue weighted by atomic mass is 9.90. The normalized spacial score (nSPS) is 21.1. The number of carbonyl (C=O) groups is 1. The molecule has 0 aromatic carbocycles. The highest BCUT2D eigenvalue weighted by Crippen LogP contribution is 2.40. The van der Waals surface area contributed by atoms with Crippen LogP contribution in [0.1, 0.15) is 26.7 Å². The maximum Gasteiger partial charge on any atom is 0.221 e. The Morgan fingerprint density at radius 2 is 2.00 bits per heavy atom. The van der Waals surface area contributed by atoms with Crippen LogP contribution in [0.15, 0.2) is 0 Å². The fraction of sp³-hybridized carbons (Fsp3) is 0.875. The highest BCUT2D eigenvalue weighted by atomic mass is 16.1. The molecule has 0 saturated heterocycles. The average molecular weight is 141 g/mol. The molecule has 10 heavy (non-hydrogen) atoms. The molecule has 1 unspecified atom stereocenters. The molecule has 2 N–H and O–H groups in total. The Balaban J connectivity index is 2.49. The van der Waals surface area contributed by atoms with Crippen molar-refractivity contribution in [2.24, 2.45) is 23.5 Å². The zero-order valence-electron chi connectivity index (χ0n) is 6.63. The van der Waals surface area contributed by atoms with Gasteiger partial charge in [-0.05, 0) is 24.7 Å². The Hall–Kier alpha value is -0.530. The van der Waals surface area contributed by atoms with Crippen molar-refractivity contribution < 1.29 is 4.79 Å². The number of amides is 1. The van der Waals surface area contributed by atoms with Gasteiger partial charge in [-0.3, -0.25) is 4.79 Å². The molecule has 1 atom stereocenters. The van der Waals surface area contributed by atoms with E-state index < -0.39 is 0 Å². The van der Waals surface area contributed by atoms with Crippen LogP contribution in [0, 0.1) is 17.8 Å². The molecular weight excluding hydrogens is 126 g/mol. The van der Waals surface area contributed by atoms with Crippen molar-refractivity contribution in [3.05, 3.63) is 0 Å². The maximum atomic E-state index is 10.8. The van der Waals surface area contributed by atoms with Gasteiger partial charge in [0.2, 0.25) is 5.91 Å². The van der Waals surface area contributed by atoms with Crippen molar-refractivity contribution in [2.75, 3.05) is 0 Å². The first kappa shape index (κ1) is 7.58. The molecule has 0 aromatic heterocycles. The quantitative estimate of drug-likeness (QED) is 0.629. The molecule has 1 rings (SSSR count). The van der Waals surface area contributed by atoms with Crippen LogP contribution in [0.3, 0.4) is 0 Å². The van der Waals surface area contributed by atoms with Gasteiger partial charge in [-0.15, -0.1) is 0 Å². The topological polar surface area (TPSA) is 43.1 Å². The summed E-state index contributed by atoms with van der Waals surface area (Å²) >= 11 is 0. The standard InChI is InChI=1S/C8H15NO/c1-5(2)7(8(9)10)6-3-4-6/h5-7H,3-4H2,1-2H3,(H2,9,10). The van der Waals surface area contributed by atoms with Crippen molar-refractivity contribution in [3.8, 4) is 0 Å². The molecular formula is C8H15NO. The van der Waals surface area contributed by atoms with E-state index in [4.69, 9.17) is 5.73 Å². The van der Waals surface area contributed by atoms with Gasteiger partial charge in [0, 0.05) is 5.92 Å². The molecule has 0 radical (unpaired) electrons. The minimum Gasteiger partial charge on any atom is -0.369 e. The van der Waals surface area contributed by atoms with Crippen LogP contribution < -0.4 is 5.73 Å². The van der Waals surface area contributed by atoms with Crippen molar-refractivity contribution in [2.45, 2.75) is 26.7 Å². The second kappa shape index (κ2) is 2.60. The summed E-state index contributed by atoms with van der Waals surface area (Å²) in [6.45, 7) is 4.13. The third kappa shape index (κ3) is 1.49. The Kier molecular flexibility index (Phi) is 1.97. The van der Waals surface area contributed by atoms with E-state index in [0.717, 1.165) is 0 Å². The first-order chi connectivity index (χ1) is 4.63. The van der Waals surface area contributed by atoms with Gasteiger partial charge in [-0.2, -0.15) is 0 Å². The van der Waals surface area contributed by atoms with Gasteiger partial charge in [0.1, 0.15) is 0 Å². The third-order valence-corrected chi connectivity index (χ3v) is 2.18. The molecule has 0 aliphatic heterocycles. The van der Waals surface area contributed by atoms with Crippen LogP contribution in [0.5, 0.6) is 0 Å². The highest BCUT2D eigenvalue weighted by molar-refractivity contribution is 5.77. The lowest BCUT2D eigenvalue weighted by Gasteiger charge is -2.15. The fourth-order valence-corrected chi connectivity index (χ4v) is 1.56. The number of rotatable bonds is 3. The Morgan fingerprint density at radius 1 is 1.50 bits per heavy atom. The van der Waals surface area contributed by atoms with E-state index in [1.165, 1.54) is 12.8 Å². The van der Waals surface area contributed by atoms with Crippen molar-refractivity contribution >= 4 is 5.91 Å². The van der Waals surface area contributed by atoms with E-state index in [9.17, 15) is 4.79 Å². The molecule has 2 nitrogen and oxygen atoms in total. The maximum absolute atomic E-state index is 10.8. The van der Waals surface area contributed by atoms with Gasteiger partial charge >= 0.3 is 0 Å². The van der Waals surface area contributed by atoms with Gasteiger partial charge < -0.3 is 5.73 Å². The Bertz CT molecular complexity index is 136. The van der Waals surface area contributed by atoms with Crippen LogP contribution >= 0.6 is 0 Å². The monoisotopic (exact) mass is 141 g/mol. The molecule has 1 aliphatic carbocycles. The minimum atomic E-state index is -0.113. The van der Waals surface area contributed by atoms with Crippen molar-refractivity contribution in [3.63, 3.8) is 0 Å². The summed E-state index contributed by atoms with van der Waals surface area (Å²) in [4.78, 5) is 10.8. The van der Waals surface area contributed by atoms with Crippen LogP contribution in [0.25, 0.3) is 0 Å². The number of primary amides is 1. The Labute approximate surface area is 61.8 Å². The van der Waals surface area contributed by atoms with Crippen molar-refractivity contribution in [1.82, 2.24) is 0 Å². The summed E-state index contributed by atoms with van der Waals surface area (Å²) in [5.74, 6) is 1.06. The van der Waals surface area contributed by atoms with Gasteiger partial charge in [0.05, 0.1) is 0 Å². The molecule has 1 fully saturated rings. The molecule has 0 heterocycles. The van der Waals surface area contributed by atoms with Gasteiger partial charge in [0.15, 0.2) is 0 Å². The van der Waals surface area contributed by atoms with Gasteiger partial charge in [0.25, 0.3) is 0 Å². The van der Waals surface area contributed by atoms with Crippen LogP contribution in [0.4, 0.5) is 0 Å². The second-order valence-corrected chi connectivity index (χ2v) is 3.51. The molecule has 58 valence electrons. The van der Waals surface area contributed by atoms with Gasteiger partial charge in [-0.25, -0.2) is 0 Å². The third-order valence-electron chi connectivity index (χ3n) is 2.18. The SMILES string of the molecule is CC(C)C(C(N)=O)C1CC1. The minimum absolute atomic E-state index is 0.113. The summed E-state index contributed by atoms with van der Waals surface area (Å²) in [6, 6.07) is 0. The molecule has 2 heteroatoms. The first-order valence-corrected chi connectivity index (χ1v) is 3.92. The van der Waals surface area contributed by atoms with Gasteiger partial charge in [-0.1, -0.05) is 13.8 Å². The number of carbonyl (C=O) groups excluding carboxylic acids is 1. The average Bonchev–Trinajstić information content (AvgIpc) is 2.46. The smallest absolute Gasteiger partial charge is 0.221 e. The van der Waals surface area contributed by atoms with E-state index in [1.54, 1.807) is 0 Å². The predicted octanol–water partition coefficient (Wildman–Crippen LogP) is 1.15. The van der Waals surface area contributed by atoms with E-state index in [0.29, 0.717) is 11.8 Å². The molecule has 1 amide bonds. The molecule has 0 spiro atoms. The first-order valence-electron chi connectivity index (χ1n) is 3.92. The van der Waals surface area contributed by atoms with E-state index in [2.05, 4.69) is 13.8 Å². The molecule has 1 saturated carbocycles. The number of hydrogen-bond acceptors (Lipinski definition) is 1. The summed E-state index contributed by atoms with van der Waals surface area (Å²) in [5.41, 5.74) is 5.24. The van der Waals surface area contributed by atoms with Crippen LogP contribution in [0.2, 0.25) is 0 Å². The zero-order chi connectivity index (χ0) is 7.72. The highest BCUT2D eigenvalue weighted by Gasteiger charge is 2.36. The zero-order valence-corrected chi connectivity index (χ0v) is 6.63. The van der Waals surface area contributed by atoms with E-state index in [1.807, 2.05) is 0 Å². The van der Waals surface area contributed by atoms with E-state index in [-0.39, 0.29) is 11.8 Å². The second-order valence-electron chi connectivity index (χ2n) is 3.51.